The van der Waals surface area contributed by atoms with Gasteiger partial charge in [0.15, 0.2) is 0 Å². The highest BCUT2D eigenvalue weighted by molar-refractivity contribution is 5.73. The zero-order chi connectivity index (χ0) is 10.6. The lowest BCUT2D eigenvalue weighted by atomic mass is 10.0. The van der Waals surface area contributed by atoms with Gasteiger partial charge >= 0.3 is 12.1 Å². The highest BCUT2D eigenvalue weighted by Gasteiger charge is 2.41. The Labute approximate surface area is 71.7 Å². The van der Waals surface area contributed by atoms with Crippen LogP contribution < -0.4 is 5.73 Å². The van der Waals surface area contributed by atoms with Crippen LogP contribution in [0.3, 0.4) is 0 Å². The molecule has 0 bridgehead atoms. The molecule has 0 aliphatic heterocycles. The van der Waals surface area contributed by atoms with E-state index in [1.165, 1.54) is 0 Å². The molecule has 0 aromatic rings. The van der Waals surface area contributed by atoms with Gasteiger partial charge in [0.2, 0.25) is 0 Å². The molecule has 4 nitrogen and oxygen atoms in total. The van der Waals surface area contributed by atoms with Crippen molar-refractivity contribution in [2.75, 3.05) is 0 Å². The maximum Gasteiger partial charge on any atom is 0.404 e. The predicted molar refractivity (Wildman–Crippen MR) is 35.4 cm³/mol. The molecule has 0 spiro atoms. The second kappa shape index (κ2) is 4.09. The monoisotopic (exact) mass is 196 g/mol. The summed E-state index contributed by atoms with van der Waals surface area (Å²) in [5, 5.41) is 16.3. The third kappa shape index (κ3) is 3.75. The van der Waals surface area contributed by atoms with Crippen molar-refractivity contribution in [2.45, 2.75) is 18.6 Å². The molecule has 2 atom stereocenters. The second-order valence-corrected chi connectivity index (χ2v) is 2.40. The van der Waals surface area contributed by atoms with Gasteiger partial charge in [0.25, 0.3) is 0 Å². The molecule has 13 heavy (non-hydrogen) atoms. The maximum absolute atomic E-state index is 11.9. The van der Waals surface area contributed by atoms with E-state index in [4.69, 9.17) is 16.1 Å². The van der Waals surface area contributed by atoms with Crippen LogP contribution in [0.1, 0.15) is 6.42 Å². The standard InChI is InChI=1S/C6H7F3N2O2/c7-6(8,9)3(2-10)1-4(11)5(12)13/h3-4H,1,11H2,(H,12,13)/t3?,4-/m1/s1. The molecule has 74 valence electrons. The Morgan fingerprint density at radius 1 is 1.62 bits per heavy atom. The molecular formula is C6H7F3N2O2. The average molecular weight is 196 g/mol. The van der Waals surface area contributed by atoms with Gasteiger partial charge in [-0.3, -0.25) is 4.79 Å². The molecule has 3 N–H and O–H groups in total. The molecule has 0 aliphatic rings. The molecule has 0 aliphatic carbocycles. The van der Waals surface area contributed by atoms with Crippen LogP contribution in [0.4, 0.5) is 13.2 Å². The number of carbonyl (C=O) groups is 1. The Kier molecular flexibility index (Phi) is 3.69. The van der Waals surface area contributed by atoms with E-state index in [0.29, 0.717) is 0 Å². The molecule has 0 fully saturated rings. The fraction of sp³-hybridized carbons (Fsp3) is 0.667. The molecular weight excluding hydrogens is 189 g/mol. The molecule has 0 aromatic heterocycles. The Balaban J connectivity index is 4.33. The van der Waals surface area contributed by atoms with E-state index in [1.54, 1.807) is 0 Å². The molecule has 0 amide bonds. The molecule has 0 rings (SSSR count). The molecule has 0 radical (unpaired) electrons. The van der Waals surface area contributed by atoms with E-state index < -0.39 is 30.5 Å². The van der Waals surface area contributed by atoms with Gasteiger partial charge < -0.3 is 10.8 Å². The lowest BCUT2D eigenvalue weighted by Crippen LogP contribution is -2.36. The summed E-state index contributed by atoms with van der Waals surface area (Å²) in [6, 6.07) is -0.701. The topological polar surface area (TPSA) is 87.1 Å². The Hall–Kier alpha value is -1.29. The predicted octanol–water partition coefficient (Wildman–Crippen LogP) is 0.490. The number of hydrogen-bond donors (Lipinski definition) is 2. The third-order valence-corrected chi connectivity index (χ3v) is 1.36. The van der Waals surface area contributed by atoms with Crippen LogP contribution in [-0.2, 0) is 4.79 Å². The van der Waals surface area contributed by atoms with Gasteiger partial charge in [-0.2, -0.15) is 18.4 Å². The van der Waals surface area contributed by atoms with Crippen molar-refractivity contribution in [3.05, 3.63) is 0 Å². The Bertz CT molecular complexity index is 233. The van der Waals surface area contributed by atoms with E-state index in [1.807, 2.05) is 0 Å². The lowest BCUT2D eigenvalue weighted by Gasteiger charge is -2.14. The minimum atomic E-state index is -4.72. The molecule has 0 aromatic carbocycles. The minimum Gasteiger partial charge on any atom is -0.480 e. The highest BCUT2D eigenvalue weighted by Crippen LogP contribution is 2.28. The largest absolute Gasteiger partial charge is 0.480 e. The number of aliphatic carboxylic acids is 1. The van der Waals surface area contributed by atoms with Gasteiger partial charge in [-0.25, -0.2) is 0 Å². The summed E-state index contributed by atoms with van der Waals surface area (Å²) >= 11 is 0. The quantitative estimate of drug-likeness (QED) is 0.687. The van der Waals surface area contributed by atoms with Crippen LogP contribution in [0.15, 0.2) is 0 Å². The minimum absolute atomic E-state index is 0.921. The van der Waals surface area contributed by atoms with E-state index in [2.05, 4.69) is 0 Å². The Morgan fingerprint density at radius 3 is 2.31 bits per heavy atom. The van der Waals surface area contributed by atoms with Gasteiger partial charge in [-0.1, -0.05) is 0 Å². The molecule has 1 unspecified atom stereocenters. The van der Waals surface area contributed by atoms with Crippen LogP contribution in [0.5, 0.6) is 0 Å². The van der Waals surface area contributed by atoms with Crippen molar-refractivity contribution in [3.63, 3.8) is 0 Å². The van der Waals surface area contributed by atoms with Crippen LogP contribution in [0.2, 0.25) is 0 Å². The van der Waals surface area contributed by atoms with Gasteiger partial charge in [0.1, 0.15) is 12.0 Å². The van der Waals surface area contributed by atoms with Crippen molar-refractivity contribution in [1.82, 2.24) is 0 Å². The summed E-state index contributed by atoms with van der Waals surface area (Å²) in [7, 11) is 0. The van der Waals surface area contributed by atoms with Gasteiger partial charge in [-0.15, -0.1) is 0 Å². The van der Waals surface area contributed by atoms with Crippen molar-refractivity contribution >= 4 is 5.97 Å². The highest BCUT2D eigenvalue weighted by atomic mass is 19.4. The fourth-order valence-corrected chi connectivity index (χ4v) is 0.614. The third-order valence-electron chi connectivity index (χ3n) is 1.36. The first kappa shape index (κ1) is 11.7. The first-order valence-electron chi connectivity index (χ1n) is 3.23. The first-order valence-corrected chi connectivity index (χ1v) is 3.23. The number of nitriles is 1. The summed E-state index contributed by atoms with van der Waals surface area (Å²) in [5.41, 5.74) is 4.84. The Morgan fingerprint density at radius 2 is 2.08 bits per heavy atom. The first-order chi connectivity index (χ1) is 5.79. The summed E-state index contributed by atoms with van der Waals surface area (Å²) in [6.07, 6.45) is -5.64. The van der Waals surface area contributed by atoms with Crippen molar-refractivity contribution in [1.29, 1.82) is 5.26 Å². The zero-order valence-electron chi connectivity index (χ0n) is 6.38. The number of carboxylic acids is 1. The molecule has 0 saturated heterocycles. The van der Waals surface area contributed by atoms with Crippen LogP contribution in [0.25, 0.3) is 0 Å². The number of nitrogens with zero attached hydrogens (tertiary/aromatic N) is 1. The number of alkyl halides is 3. The fourth-order valence-electron chi connectivity index (χ4n) is 0.614. The van der Waals surface area contributed by atoms with Gasteiger partial charge in [-0.05, 0) is 6.42 Å². The molecule has 0 saturated carbocycles. The van der Waals surface area contributed by atoms with Crippen molar-refractivity contribution < 1.29 is 23.1 Å². The van der Waals surface area contributed by atoms with Crippen molar-refractivity contribution in [2.24, 2.45) is 11.7 Å². The van der Waals surface area contributed by atoms with Crippen LogP contribution in [-0.4, -0.2) is 23.3 Å². The van der Waals surface area contributed by atoms with E-state index in [0.717, 1.165) is 6.07 Å². The number of halogens is 3. The number of carboxylic acid groups (broad SMARTS) is 1. The number of hydrogen-bond acceptors (Lipinski definition) is 3. The zero-order valence-corrected chi connectivity index (χ0v) is 6.38. The lowest BCUT2D eigenvalue weighted by molar-refractivity contribution is -0.163. The SMILES string of the molecule is N#CC(C[C@@H](N)C(=O)O)C(F)(F)F. The van der Waals surface area contributed by atoms with E-state index >= 15 is 0 Å². The van der Waals surface area contributed by atoms with Gasteiger partial charge in [0.05, 0.1) is 6.07 Å². The van der Waals surface area contributed by atoms with Crippen LogP contribution in [0, 0.1) is 17.2 Å². The van der Waals surface area contributed by atoms with Crippen LogP contribution >= 0.6 is 0 Å². The molecule has 0 heterocycles. The second-order valence-electron chi connectivity index (χ2n) is 2.40. The van der Waals surface area contributed by atoms with Gasteiger partial charge in [0, 0.05) is 0 Å². The average Bonchev–Trinajstić information content (AvgIpc) is 1.96. The van der Waals surface area contributed by atoms with E-state index in [9.17, 15) is 18.0 Å². The summed E-state index contributed by atoms with van der Waals surface area (Å²) in [5.74, 6) is -3.87. The number of rotatable bonds is 3. The summed E-state index contributed by atoms with van der Waals surface area (Å²) in [4.78, 5) is 10.1. The van der Waals surface area contributed by atoms with Crippen molar-refractivity contribution in [3.8, 4) is 6.07 Å². The number of nitrogens with two attached hydrogens (primary N) is 1. The summed E-state index contributed by atoms with van der Waals surface area (Å²) < 4.78 is 35.6. The normalized spacial score (nSPS) is 15.9. The smallest absolute Gasteiger partial charge is 0.404 e. The summed E-state index contributed by atoms with van der Waals surface area (Å²) in [6.45, 7) is 0. The molecule has 7 heteroatoms. The van der Waals surface area contributed by atoms with E-state index in [-0.39, 0.29) is 0 Å². The maximum atomic E-state index is 11.9.